The van der Waals surface area contributed by atoms with Crippen LogP contribution in [-0.2, 0) is 6.54 Å². The van der Waals surface area contributed by atoms with Crippen molar-refractivity contribution in [1.29, 1.82) is 0 Å². The van der Waals surface area contributed by atoms with Crippen LogP contribution in [0.3, 0.4) is 0 Å². The quantitative estimate of drug-likeness (QED) is 0.700. The van der Waals surface area contributed by atoms with Crippen molar-refractivity contribution in [3.63, 3.8) is 0 Å². The van der Waals surface area contributed by atoms with Crippen LogP contribution >= 0.6 is 22.9 Å². The van der Waals surface area contributed by atoms with E-state index in [0.717, 1.165) is 4.88 Å². The third-order valence-electron chi connectivity index (χ3n) is 3.25. The molecule has 1 amide bonds. The van der Waals surface area contributed by atoms with Gasteiger partial charge >= 0.3 is 0 Å². The Kier molecular flexibility index (Phi) is 6.07. The van der Waals surface area contributed by atoms with Gasteiger partial charge in [-0.1, -0.05) is 17.7 Å². The van der Waals surface area contributed by atoms with Crippen LogP contribution in [0.15, 0.2) is 43.0 Å². The van der Waals surface area contributed by atoms with Crippen LogP contribution in [0.5, 0.6) is 11.5 Å². The number of carbonyl (C=O) groups excluding carboxylic acids is 1. The van der Waals surface area contributed by atoms with Gasteiger partial charge in [0.2, 0.25) is 0 Å². The van der Waals surface area contributed by atoms with Crippen molar-refractivity contribution in [3.8, 4) is 11.5 Å². The average molecular weight is 352 g/mol. The van der Waals surface area contributed by atoms with E-state index in [1.807, 2.05) is 12.1 Å². The molecular formula is C17H18ClNO3S. The molecule has 0 unspecified atom stereocenters. The highest BCUT2D eigenvalue weighted by Gasteiger charge is 2.20. The fourth-order valence-corrected chi connectivity index (χ4v) is 3.25. The van der Waals surface area contributed by atoms with E-state index in [1.54, 1.807) is 36.3 Å². The second-order valence-electron chi connectivity index (χ2n) is 4.75. The van der Waals surface area contributed by atoms with Gasteiger partial charge in [0, 0.05) is 17.5 Å². The molecule has 0 fully saturated rings. The number of rotatable bonds is 7. The molecule has 0 saturated carbocycles. The first kappa shape index (κ1) is 17.4. The van der Waals surface area contributed by atoms with Crippen molar-refractivity contribution < 1.29 is 14.3 Å². The summed E-state index contributed by atoms with van der Waals surface area (Å²) in [6.45, 7) is 4.63. The molecule has 4 nitrogen and oxygen atoms in total. The van der Waals surface area contributed by atoms with E-state index in [-0.39, 0.29) is 5.91 Å². The Morgan fingerprint density at radius 1 is 1.30 bits per heavy atom. The lowest BCUT2D eigenvalue weighted by molar-refractivity contribution is 0.0761. The van der Waals surface area contributed by atoms with Gasteiger partial charge in [-0.3, -0.25) is 4.79 Å². The van der Waals surface area contributed by atoms with Gasteiger partial charge in [0.15, 0.2) is 0 Å². The lowest BCUT2D eigenvalue weighted by atomic mass is 10.1. The maximum Gasteiger partial charge on any atom is 0.258 e. The van der Waals surface area contributed by atoms with Crippen LogP contribution in [-0.4, -0.2) is 31.6 Å². The summed E-state index contributed by atoms with van der Waals surface area (Å²) in [5.74, 6) is 0.986. The molecule has 2 rings (SSSR count). The summed E-state index contributed by atoms with van der Waals surface area (Å²) < 4.78 is 11.2. The normalized spacial score (nSPS) is 10.2. The average Bonchev–Trinajstić information content (AvgIpc) is 2.98. The zero-order valence-corrected chi connectivity index (χ0v) is 14.6. The minimum absolute atomic E-state index is 0.131. The molecule has 0 atom stereocenters. The highest BCUT2D eigenvalue weighted by Crippen LogP contribution is 2.27. The first-order valence-electron chi connectivity index (χ1n) is 6.95. The van der Waals surface area contributed by atoms with Crippen molar-refractivity contribution in [2.45, 2.75) is 6.54 Å². The zero-order chi connectivity index (χ0) is 16.8. The number of ether oxygens (including phenoxy) is 2. The van der Waals surface area contributed by atoms with Crippen molar-refractivity contribution >= 4 is 28.8 Å². The number of halogens is 1. The Morgan fingerprint density at radius 2 is 2.09 bits per heavy atom. The van der Waals surface area contributed by atoms with Crippen molar-refractivity contribution in [3.05, 3.63) is 57.8 Å². The largest absolute Gasteiger partial charge is 0.497 e. The van der Waals surface area contributed by atoms with Gasteiger partial charge in [0.1, 0.15) is 11.5 Å². The Hall–Kier alpha value is -1.98. The van der Waals surface area contributed by atoms with E-state index >= 15 is 0 Å². The van der Waals surface area contributed by atoms with Gasteiger partial charge in [-0.25, -0.2) is 0 Å². The number of methoxy groups -OCH3 is 2. The Balaban J connectivity index is 2.28. The van der Waals surface area contributed by atoms with Gasteiger partial charge in [-0.2, -0.15) is 0 Å². The molecule has 0 N–H and O–H groups in total. The predicted molar refractivity (Wildman–Crippen MR) is 93.8 cm³/mol. The highest BCUT2D eigenvalue weighted by molar-refractivity contribution is 7.16. The van der Waals surface area contributed by atoms with E-state index in [0.29, 0.717) is 34.5 Å². The standard InChI is InChI=1S/C17H18ClNO3S/c1-4-9-19(11-13-6-8-16(18)23-13)17(20)14-7-5-12(21-2)10-15(14)22-3/h4-8,10H,1,9,11H2,2-3H3. The van der Waals surface area contributed by atoms with Crippen LogP contribution in [0, 0.1) is 0 Å². The second-order valence-corrected chi connectivity index (χ2v) is 6.55. The SMILES string of the molecule is C=CCN(Cc1ccc(Cl)s1)C(=O)c1ccc(OC)cc1OC. The minimum atomic E-state index is -0.131. The van der Waals surface area contributed by atoms with Crippen molar-refractivity contribution in [2.75, 3.05) is 20.8 Å². The molecule has 0 aliphatic heterocycles. The molecule has 1 heterocycles. The zero-order valence-electron chi connectivity index (χ0n) is 13.0. The van der Waals surface area contributed by atoms with Crippen LogP contribution in [0.25, 0.3) is 0 Å². The van der Waals surface area contributed by atoms with E-state index in [9.17, 15) is 4.79 Å². The minimum Gasteiger partial charge on any atom is -0.497 e. The molecule has 1 aromatic heterocycles. The van der Waals surface area contributed by atoms with Gasteiger partial charge in [0.25, 0.3) is 5.91 Å². The van der Waals surface area contributed by atoms with Gasteiger partial charge in [-0.05, 0) is 24.3 Å². The highest BCUT2D eigenvalue weighted by atomic mass is 35.5. The molecule has 0 aliphatic rings. The first-order chi connectivity index (χ1) is 11.1. The summed E-state index contributed by atoms with van der Waals surface area (Å²) in [5, 5.41) is 0. The number of thiophene rings is 1. The molecular weight excluding hydrogens is 334 g/mol. The first-order valence-corrected chi connectivity index (χ1v) is 8.15. The van der Waals surface area contributed by atoms with Crippen LogP contribution < -0.4 is 9.47 Å². The Morgan fingerprint density at radius 3 is 2.65 bits per heavy atom. The third-order valence-corrected chi connectivity index (χ3v) is 4.47. The van der Waals surface area contributed by atoms with Crippen LogP contribution in [0.2, 0.25) is 4.34 Å². The van der Waals surface area contributed by atoms with E-state index in [2.05, 4.69) is 6.58 Å². The number of carbonyl (C=O) groups is 1. The molecule has 0 radical (unpaired) electrons. The third kappa shape index (κ3) is 4.27. The molecule has 6 heteroatoms. The summed E-state index contributed by atoms with van der Waals surface area (Å²) in [5.41, 5.74) is 0.484. The molecule has 2 aromatic rings. The van der Waals surface area contributed by atoms with Crippen molar-refractivity contribution in [1.82, 2.24) is 4.90 Å². The molecule has 122 valence electrons. The molecule has 0 bridgehead atoms. The van der Waals surface area contributed by atoms with Crippen molar-refractivity contribution in [2.24, 2.45) is 0 Å². The summed E-state index contributed by atoms with van der Waals surface area (Å²) >= 11 is 7.42. The molecule has 0 aliphatic carbocycles. The number of hydrogen-bond acceptors (Lipinski definition) is 4. The summed E-state index contributed by atoms with van der Waals surface area (Å²) in [4.78, 5) is 15.6. The second kappa shape index (κ2) is 8.04. The van der Waals surface area contributed by atoms with E-state index < -0.39 is 0 Å². The fraction of sp³-hybridized carbons (Fsp3) is 0.235. The van der Waals surface area contributed by atoms with Gasteiger partial charge in [0.05, 0.1) is 30.7 Å². The van der Waals surface area contributed by atoms with Gasteiger partial charge < -0.3 is 14.4 Å². The van der Waals surface area contributed by atoms with E-state index in [1.165, 1.54) is 18.4 Å². The van der Waals surface area contributed by atoms with Crippen LogP contribution in [0.1, 0.15) is 15.2 Å². The maximum absolute atomic E-state index is 12.9. The van der Waals surface area contributed by atoms with Gasteiger partial charge in [-0.15, -0.1) is 17.9 Å². The summed E-state index contributed by atoms with van der Waals surface area (Å²) in [6.07, 6.45) is 1.70. The lowest BCUT2D eigenvalue weighted by Crippen LogP contribution is -2.30. The number of benzene rings is 1. The Bertz CT molecular complexity index is 699. The molecule has 0 spiro atoms. The Labute approximate surface area is 144 Å². The summed E-state index contributed by atoms with van der Waals surface area (Å²) in [7, 11) is 3.10. The molecule has 1 aromatic carbocycles. The van der Waals surface area contributed by atoms with Crippen LogP contribution in [0.4, 0.5) is 0 Å². The number of amides is 1. The monoisotopic (exact) mass is 351 g/mol. The molecule has 0 saturated heterocycles. The number of hydrogen-bond donors (Lipinski definition) is 0. The summed E-state index contributed by atoms with van der Waals surface area (Å²) in [6, 6.07) is 8.89. The molecule has 23 heavy (non-hydrogen) atoms. The number of nitrogens with zero attached hydrogens (tertiary/aromatic N) is 1. The maximum atomic E-state index is 12.9. The smallest absolute Gasteiger partial charge is 0.258 e. The predicted octanol–water partition coefficient (Wildman–Crippen LogP) is 4.25. The van der Waals surface area contributed by atoms with E-state index in [4.69, 9.17) is 21.1 Å². The fourth-order valence-electron chi connectivity index (χ4n) is 2.15. The lowest BCUT2D eigenvalue weighted by Gasteiger charge is -2.22. The topological polar surface area (TPSA) is 38.8 Å².